The molecule has 6 N–H and O–H groups in total. The Labute approximate surface area is 337 Å². The number of hydrogen-bond donors (Lipinski definition) is 4. The molecule has 0 aliphatic rings. The molecule has 22 heteroatoms. The minimum absolute atomic E-state index is 0.00300. The van der Waals surface area contributed by atoms with Crippen molar-refractivity contribution in [2.75, 3.05) is 30.8 Å². The molecule has 2 aromatic carbocycles. The van der Waals surface area contributed by atoms with Crippen molar-refractivity contribution in [2.45, 2.75) is 53.9 Å². The van der Waals surface area contributed by atoms with Crippen LogP contribution in [-0.4, -0.2) is 90.9 Å². The minimum atomic E-state index is -3.91. The van der Waals surface area contributed by atoms with Gasteiger partial charge in [0.05, 0.1) is 35.8 Å². The Balaban J connectivity index is 1.42. The topological polar surface area (TPSA) is 277 Å². The number of primary amides is 2. The van der Waals surface area contributed by atoms with Crippen LogP contribution in [-0.2, 0) is 40.5 Å². The number of carbonyl (C=O) groups is 4. The number of amides is 4. The highest BCUT2D eigenvalue weighted by molar-refractivity contribution is 7.85. The largest absolute Gasteiger partial charge is 0.494 e. The molecule has 0 aliphatic carbocycles. The van der Waals surface area contributed by atoms with Gasteiger partial charge in [0.25, 0.3) is 21.9 Å². The summed E-state index contributed by atoms with van der Waals surface area (Å²) >= 11 is 0. The minimum Gasteiger partial charge on any atom is -0.494 e. The van der Waals surface area contributed by atoms with Gasteiger partial charge in [0.2, 0.25) is 30.5 Å². The normalized spacial score (nSPS) is 11.8. The number of aromatic nitrogens is 8. The van der Waals surface area contributed by atoms with Crippen molar-refractivity contribution < 1.29 is 41.3 Å². The maximum absolute atomic E-state index is 13.7. The molecule has 0 fully saturated rings. The third-order valence-electron chi connectivity index (χ3n) is 8.94. The van der Waals surface area contributed by atoms with E-state index in [0.717, 1.165) is 6.26 Å². The third kappa shape index (κ3) is 8.92. The SMILES string of the molecule is CCn1nc(C)cc1C(=O)Nc1nc2cc(C(N)=O)cc(OC)c2n1C/C=C/Cn1c(NC(=O)c2cc(C)nn2CC)nc2cc(C(N)=O)cc(OCOS(C)(=O)=O)c21. The summed E-state index contributed by atoms with van der Waals surface area (Å²) in [5, 5.41) is 14.4. The second kappa shape index (κ2) is 16.8. The molecule has 0 aliphatic heterocycles. The summed E-state index contributed by atoms with van der Waals surface area (Å²) in [5.41, 5.74) is 14.4. The van der Waals surface area contributed by atoms with E-state index in [1.54, 1.807) is 51.9 Å². The van der Waals surface area contributed by atoms with E-state index in [0.29, 0.717) is 41.2 Å². The molecule has 0 atom stereocenters. The van der Waals surface area contributed by atoms with Crippen LogP contribution in [0.4, 0.5) is 11.9 Å². The molecule has 59 heavy (non-hydrogen) atoms. The highest BCUT2D eigenvalue weighted by atomic mass is 32.2. The second-order valence-corrected chi connectivity index (χ2v) is 14.8. The number of rotatable bonds is 17. The van der Waals surface area contributed by atoms with Crippen LogP contribution in [0.2, 0.25) is 0 Å². The third-order valence-corrected chi connectivity index (χ3v) is 9.47. The lowest BCUT2D eigenvalue weighted by Crippen LogP contribution is -2.20. The van der Waals surface area contributed by atoms with Gasteiger partial charge >= 0.3 is 0 Å². The van der Waals surface area contributed by atoms with Crippen molar-refractivity contribution in [1.29, 1.82) is 0 Å². The van der Waals surface area contributed by atoms with Crippen molar-refractivity contribution in [3.05, 3.63) is 82.5 Å². The van der Waals surface area contributed by atoms with E-state index in [9.17, 15) is 27.6 Å². The first kappa shape index (κ1) is 41.6. The van der Waals surface area contributed by atoms with Crippen LogP contribution >= 0.6 is 0 Å². The number of imidazole rings is 2. The number of ether oxygens (including phenoxy) is 2. The van der Waals surface area contributed by atoms with Gasteiger partial charge in [-0.3, -0.25) is 39.2 Å². The van der Waals surface area contributed by atoms with Crippen molar-refractivity contribution >= 4 is 67.7 Å². The van der Waals surface area contributed by atoms with E-state index in [4.69, 9.17) is 25.1 Å². The predicted octanol–water partition coefficient (Wildman–Crippen LogP) is 2.72. The Kier molecular flexibility index (Phi) is 11.8. The lowest BCUT2D eigenvalue weighted by molar-refractivity contribution is 0.0991. The Bertz CT molecular complexity index is 2780. The molecule has 310 valence electrons. The lowest BCUT2D eigenvalue weighted by Gasteiger charge is -2.13. The molecule has 0 saturated carbocycles. The molecule has 4 aromatic heterocycles. The van der Waals surface area contributed by atoms with E-state index < -0.39 is 40.5 Å². The average molecular weight is 831 g/mol. The fourth-order valence-corrected chi connectivity index (χ4v) is 6.58. The summed E-state index contributed by atoms with van der Waals surface area (Å²) in [7, 11) is -2.49. The van der Waals surface area contributed by atoms with Crippen LogP contribution in [0.5, 0.6) is 11.5 Å². The van der Waals surface area contributed by atoms with E-state index in [1.165, 1.54) is 36.1 Å². The van der Waals surface area contributed by atoms with Crippen LogP contribution < -0.4 is 31.6 Å². The molecule has 6 rings (SSSR count). The molecule has 4 heterocycles. The summed E-state index contributed by atoms with van der Waals surface area (Å²) in [5.74, 6) is -2.11. The number of methoxy groups -OCH3 is 1. The van der Waals surface area contributed by atoms with Crippen molar-refractivity contribution in [3.63, 3.8) is 0 Å². The molecular formula is C37H42N12O9S. The first-order valence-electron chi connectivity index (χ1n) is 18.1. The van der Waals surface area contributed by atoms with Gasteiger partial charge in [-0.1, -0.05) is 12.2 Å². The summed E-state index contributed by atoms with van der Waals surface area (Å²) < 4.78 is 46.0. The van der Waals surface area contributed by atoms with Gasteiger partial charge in [0.1, 0.15) is 33.9 Å². The quantitative estimate of drug-likeness (QED) is 0.0585. The van der Waals surface area contributed by atoms with E-state index >= 15 is 0 Å². The molecule has 21 nitrogen and oxygen atoms in total. The molecule has 0 radical (unpaired) electrons. The van der Waals surface area contributed by atoms with E-state index in [-0.39, 0.29) is 64.3 Å². The number of fused-ring (bicyclic) bond motifs is 2. The number of benzene rings is 2. The fraction of sp³-hybridized carbons (Fsp3) is 0.297. The number of nitrogens with two attached hydrogens (primary N) is 2. The van der Waals surface area contributed by atoms with Crippen LogP contribution in [0.1, 0.15) is 66.9 Å². The Morgan fingerprint density at radius 3 is 1.58 bits per heavy atom. The van der Waals surface area contributed by atoms with Crippen molar-refractivity contribution in [3.8, 4) is 11.5 Å². The molecule has 0 spiro atoms. The van der Waals surface area contributed by atoms with Crippen LogP contribution in [0, 0.1) is 13.8 Å². The van der Waals surface area contributed by atoms with Gasteiger partial charge in [-0.2, -0.15) is 18.6 Å². The summed E-state index contributed by atoms with van der Waals surface area (Å²) in [6.45, 7) is 7.45. The van der Waals surface area contributed by atoms with Gasteiger partial charge in [-0.05, 0) is 64.1 Å². The van der Waals surface area contributed by atoms with Gasteiger partial charge < -0.3 is 30.1 Å². The summed E-state index contributed by atoms with van der Waals surface area (Å²) in [4.78, 5) is 61.0. The molecule has 0 bridgehead atoms. The highest BCUT2D eigenvalue weighted by Gasteiger charge is 2.24. The number of anilines is 2. The number of carbonyl (C=O) groups excluding carboxylic acids is 4. The van der Waals surface area contributed by atoms with Crippen molar-refractivity contribution in [2.24, 2.45) is 11.5 Å². The highest BCUT2D eigenvalue weighted by Crippen LogP contribution is 2.33. The predicted molar refractivity (Wildman–Crippen MR) is 215 cm³/mol. The number of nitrogens with one attached hydrogen (secondary N) is 2. The molecule has 0 unspecified atom stereocenters. The molecular weight excluding hydrogens is 789 g/mol. The van der Waals surface area contributed by atoms with E-state index in [1.807, 2.05) is 13.8 Å². The first-order valence-corrected chi connectivity index (χ1v) is 19.9. The monoisotopic (exact) mass is 830 g/mol. The molecule has 0 saturated heterocycles. The lowest BCUT2D eigenvalue weighted by atomic mass is 10.1. The Morgan fingerprint density at radius 1 is 0.729 bits per heavy atom. The number of hydrogen-bond acceptors (Lipinski definition) is 13. The fourth-order valence-electron chi connectivity index (χ4n) is 6.36. The molecule has 4 amide bonds. The van der Waals surface area contributed by atoms with Gasteiger partial charge in [-0.15, -0.1) is 0 Å². The van der Waals surface area contributed by atoms with E-state index in [2.05, 4.69) is 30.8 Å². The van der Waals surface area contributed by atoms with Crippen molar-refractivity contribution in [1.82, 2.24) is 38.7 Å². The van der Waals surface area contributed by atoms with Crippen LogP contribution in [0.25, 0.3) is 22.1 Å². The van der Waals surface area contributed by atoms with Gasteiger partial charge in [0.15, 0.2) is 0 Å². The maximum Gasteiger partial charge on any atom is 0.276 e. The smallest absolute Gasteiger partial charge is 0.276 e. The zero-order chi connectivity index (χ0) is 42.8. The number of nitrogens with zero attached hydrogens (tertiary/aromatic N) is 8. The average Bonchev–Trinajstić information content (AvgIpc) is 3.94. The van der Waals surface area contributed by atoms with Gasteiger partial charge in [0, 0.05) is 37.3 Å². The second-order valence-electron chi connectivity index (χ2n) is 13.1. The zero-order valence-corrected chi connectivity index (χ0v) is 33.8. The summed E-state index contributed by atoms with van der Waals surface area (Å²) in [6.07, 6.45) is 4.33. The molecule has 6 aromatic rings. The number of allylic oxidation sites excluding steroid dienone is 2. The maximum atomic E-state index is 13.7. The first-order chi connectivity index (χ1) is 28.0. The van der Waals surface area contributed by atoms with Crippen LogP contribution in [0.3, 0.4) is 0 Å². The van der Waals surface area contributed by atoms with Gasteiger partial charge in [-0.25, -0.2) is 14.2 Å². The Morgan fingerprint density at radius 2 is 1.17 bits per heavy atom. The Hall–Kier alpha value is -7.07. The summed E-state index contributed by atoms with van der Waals surface area (Å²) in [6, 6.07) is 8.95. The number of aryl methyl sites for hydroxylation is 4. The zero-order valence-electron chi connectivity index (χ0n) is 33.0. The standard InChI is InChI=1S/C37H42N12O9S/c1-7-48-26(13-20(3)44-48)34(52)42-36-40-24-15-22(32(38)50)17-28(56-5)30(24)46(36)11-9-10-12-47-31-25(16-23(33(39)51)18-29(31)57-19-58-59(6,54)55)41-37(47)43-35(53)27-14-21(4)45-49(27)8-2/h9-10,13-18H,7-8,11-12,19H2,1-6H3,(H2,38,50)(H2,39,51)(H,40,42,52)(H,41,43,53)/b10-9+. The van der Waals surface area contributed by atoms with Crippen LogP contribution in [0.15, 0.2) is 48.6 Å².